The van der Waals surface area contributed by atoms with Crippen LogP contribution in [0.4, 0.5) is 10.9 Å². The highest BCUT2D eigenvalue weighted by Crippen LogP contribution is 2.24. The smallest absolute Gasteiger partial charge is 0.188 e. The van der Waals surface area contributed by atoms with Gasteiger partial charge in [0, 0.05) is 23.7 Å². The van der Waals surface area contributed by atoms with E-state index in [4.69, 9.17) is 0 Å². The molecule has 1 aliphatic rings. The standard InChI is InChI=1S/C13H17N5S/c1-9-16-11(10-4-2-3-5-14-10)8-12(17-9)18-13-15-6-7-19-13/h6-8,10,14H,2-5H2,1H3,(H,15,16,17,18). The Hall–Kier alpha value is -1.53. The number of aryl methyl sites for hydroxylation is 1. The maximum atomic E-state index is 4.56. The molecule has 1 saturated heterocycles. The summed E-state index contributed by atoms with van der Waals surface area (Å²) >= 11 is 1.57. The van der Waals surface area contributed by atoms with E-state index >= 15 is 0 Å². The lowest BCUT2D eigenvalue weighted by Crippen LogP contribution is -2.27. The van der Waals surface area contributed by atoms with Gasteiger partial charge in [-0.3, -0.25) is 0 Å². The van der Waals surface area contributed by atoms with Gasteiger partial charge in [0.2, 0.25) is 0 Å². The number of piperidine rings is 1. The minimum Gasteiger partial charge on any atom is -0.316 e. The molecule has 6 heteroatoms. The summed E-state index contributed by atoms with van der Waals surface area (Å²) in [5.74, 6) is 1.62. The molecule has 2 N–H and O–H groups in total. The number of aromatic nitrogens is 3. The minimum absolute atomic E-state index is 0.354. The first kappa shape index (κ1) is 12.5. The maximum absolute atomic E-state index is 4.56. The molecule has 0 saturated carbocycles. The summed E-state index contributed by atoms with van der Waals surface area (Å²) in [6.07, 6.45) is 5.44. The van der Waals surface area contributed by atoms with Crippen LogP contribution in [-0.2, 0) is 0 Å². The first-order valence-electron chi connectivity index (χ1n) is 6.57. The number of anilines is 2. The van der Waals surface area contributed by atoms with Crippen molar-refractivity contribution in [3.05, 3.63) is 29.2 Å². The second-order valence-electron chi connectivity index (χ2n) is 4.69. The topological polar surface area (TPSA) is 62.7 Å². The molecule has 0 aliphatic carbocycles. The molecular formula is C13H17N5S. The van der Waals surface area contributed by atoms with Gasteiger partial charge in [0.15, 0.2) is 5.13 Å². The number of hydrogen-bond donors (Lipinski definition) is 2. The van der Waals surface area contributed by atoms with Gasteiger partial charge in [-0.15, -0.1) is 11.3 Å². The summed E-state index contributed by atoms with van der Waals surface area (Å²) in [5, 5.41) is 9.56. The van der Waals surface area contributed by atoms with E-state index in [0.717, 1.165) is 35.4 Å². The lowest BCUT2D eigenvalue weighted by Gasteiger charge is -2.23. The average molecular weight is 275 g/mol. The largest absolute Gasteiger partial charge is 0.316 e. The van der Waals surface area contributed by atoms with Gasteiger partial charge in [-0.25, -0.2) is 15.0 Å². The van der Waals surface area contributed by atoms with Crippen molar-refractivity contribution < 1.29 is 0 Å². The molecule has 5 nitrogen and oxygen atoms in total. The van der Waals surface area contributed by atoms with Crippen LogP contribution < -0.4 is 10.6 Å². The Bertz CT molecular complexity index is 534. The molecule has 0 radical (unpaired) electrons. The Morgan fingerprint density at radius 2 is 2.32 bits per heavy atom. The van der Waals surface area contributed by atoms with Crippen LogP contribution in [0.25, 0.3) is 0 Å². The third-order valence-electron chi connectivity index (χ3n) is 3.19. The van der Waals surface area contributed by atoms with Crippen molar-refractivity contribution in [1.29, 1.82) is 0 Å². The molecule has 1 unspecified atom stereocenters. The van der Waals surface area contributed by atoms with Crippen LogP contribution in [0.5, 0.6) is 0 Å². The van der Waals surface area contributed by atoms with Crippen molar-refractivity contribution in [3.63, 3.8) is 0 Å². The fourth-order valence-corrected chi connectivity index (χ4v) is 2.87. The van der Waals surface area contributed by atoms with Gasteiger partial charge in [-0.1, -0.05) is 6.42 Å². The molecule has 100 valence electrons. The van der Waals surface area contributed by atoms with Crippen molar-refractivity contribution in [2.24, 2.45) is 0 Å². The first-order valence-corrected chi connectivity index (χ1v) is 7.45. The minimum atomic E-state index is 0.354. The highest BCUT2D eigenvalue weighted by molar-refractivity contribution is 7.13. The van der Waals surface area contributed by atoms with Crippen molar-refractivity contribution in [1.82, 2.24) is 20.3 Å². The molecule has 1 fully saturated rings. The van der Waals surface area contributed by atoms with Crippen LogP contribution in [0.3, 0.4) is 0 Å². The number of nitrogens with zero attached hydrogens (tertiary/aromatic N) is 3. The third-order valence-corrected chi connectivity index (χ3v) is 3.88. The van der Waals surface area contributed by atoms with E-state index in [1.165, 1.54) is 12.8 Å². The molecule has 0 spiro atoms. The highest BCUT2D eigenvalue weighted by Gasteiger charge is 2.17. The molecular weight excluding hydrogens is 258 g/mol. The number of nitrogens with one attached hydrogen (secondary N) is 2. The monoisotopic (exact) mass is 275 g/mol. The van der Waals surface area contributed by atoms with Crippen molar-refractivity contribution in [2.75, 3.05) is 11.9 Å². The zero-order valence-electron chi connectivity index (χ0n) is 10.9. The Labute approximate surface area is 116 Å². The van der Waals surface area contributed by atoms with Crippen LogP contribution in [-0.4, -0.2) is 21.5 Å². The van der Waals surface area contributed by atoms with E-state index in [1.807, 2.05) is 18.4 Å². The normalized spacial score (nSPS) is 19.3. The summed E-state index contributed by atoms with van der Waals surface area (Å²) in [6.45, 7) is 3.00. The number of rotatable bonds is 3. The molecule has 3 heterocycles. The van der Waals surface area contributed by atoms with Crippen LogP contribution in [0.15, 0.2) is 17.6 Å². The molecule has 1 aliphatic heterocycles. The number of thiazole rings is 1. The molecule has 3 rings (SSSR count). The Morgan fingerprint density at radius 3 is 3.05 bits per heavy atom. The Balaban J connectivity index is 1.82. The second-order valence-corrected chi connectivity index (χ2v) is 5.58. The predicted molar refractivity (Wildman–Crippen MR) is 76.8 cm³/mol. The molecule has 2 aromatic heterocycles. The van der Waals surface area contributed by atoms with E-state index in [-0.39, 0.29) is 0 Å². The van der Waals surface area contributed by atoms with E-state index in [2.05, 4.69) is 25.6 Å². The summed E-state index contributed by atoms with van der Waals surface area (Å²) in [7, 11) is 0. The maximum Gasteiger partial charge on any atom is 0.188 e. The van der Waals surface area contributed by atoms with Crippen molar-refractivity contribution in [2.45, 2.75) is 32.2 Å². The predicted octanol–water partition coefficient (Wildman–Crippen LogP) is 2.80. The van der Waals surface area contributed by atoms with Crippen molar-refractivity contribution >= 4 is 22.3 Å². The van der Waals surface area contributed by atoms with Gasteiger partial charge in [0.25, 0.3) is 0 Å². The Kier molecular flexibility index (Phi) is 3.70. The van der Waals surface area contributed by atoms with Gasteiger partial charge in [0.05, 0.1) is 5.69 Å². The van der Waals surface area contributed by atoms with Crippen LogP contribution >= 0.6 is 11.3 Å². The fourth-order valence-electron chi connectivity index (χ4n) is 2.33. The van der Waals surface area contributed by atoms with Crippen LogP contribution in [0, 0.1) is 6.92 Å². The summed E-state index contributed by atoms with van der Waals surface area (Å²) in [4.78, 5) is 13.2. The molecule has 19 heavy (non-hydrogen) atoms. The van der Waals surface area contributed by atoms with Gasteiger partial charge in [0.1, 0.15) is 11.6 Å². The van der Waals surface area contributed by atoms with Gasteiger partial charge in [-0.2, -0.15) is 0 Å². The molecule has 2 aromatic rings. The van der Waals surface area contributed by atoms with E-state index < -0.39 is 0 Å². The first-order chi connectivity index (χ1) is 9.31. The van der Waals surface area contributed by atoms with Gasteiger partial charge >= 0.3 is 0 Å². The summed E-state index contributed by atoms with van der Waals surface area (Å²) in [5.41, 5.74) is 1.08. The van der Waals surface area contributed by atoms with Crippen molar-refractivity contribution in [3.8, 4) is 0 Å². The second kappa shape index (κ2) is 5.63. The van der Waals surface area contributed by atoms with Crippen LogP contribution in [0.2, 0.25) is 0 Å². The van der Waals surface area contributed by atoms with E-state index in [0.29, 0.717) is 6.04 Å². The van der Waals surface area contributed by atoms with Gasteiger partial charge in [-0.05, 0) is 26.3 Å². The quantitative estimate of drug-likeness (QED) is 0.902. The molecule has 0 bridgehead atoms. The lowest BCUT2D eigenvalue weighted by atomic mass is 10.0. The zero-order valence-corrected chi connectivity index (χ0v) is 11.7. The SMILES string of the molecule is Cc1nc(Nc2nccs2)cc(C2CCCCN2)n1. The number of hydrogen-bond acceptors (Lipinski definition) is 6. The molecule has 0 amide bonds. The third kappa shape index (κ3) is 3.08. The lowest BCUT2D eigenvalue weighted by molar-refractivity contribution is 0.404. The fraction of sp³-hybridized carbons (Fsp3) is 0.462. The highest BCUT2D eigenvalue weighted by atomic mass is 32.1. The van der Waals surface area contributed by atoms with Gasteiger partial charge < -0.3 is 10.6 Å². The van der Waals surface area contributed by atoms with E-state index in [9.17, 15) is 0 Å². The Morgan fingerprint density at radius 1 is 1.37 bits per heavy atom. The summed E-state index contributed by atoms with van der Waals surface area (Å²) < 4.78 is 0. The molecule has 0 aromatic carbocycles. The van der Waals surface area contributed by atoms with Crippen LogP contribution in [0.1, 0.15) is 36.8 Å². The molecule has 1 atom stereocenters. The summed E-state index contributed by atoms with van der Waals surface area (Å²) in [6, 6.07) is 2.38. The van der Waals surface area contributed by atoms with E-state index in [1.54, 1.807) is 17.5 Å². The zero-order chi connectivity index (χ0) is 13.1. The average Bonchev–Trinajstić information content (AvgIpc) is 2.92.